The summed E-state index contributed by atoms with van der Waals surface area (Å²) in [6, 6.07) is 20.1. The number of hydrogen-bond donors (Lipinski definition) is 3. The number of hydrogen-bond acceptors (Lipinski definition) is 3. The highest BCUT2D eigenvalue weighted by Gasteiger charge is 2.17. The van der Waals surface area contributed by atoms with Gasteiger partial charge in [0.15, 0.2) is 0 Å². The average molecular weight is 462 g/mol. The number of fused-ring (bicyclic) bond motifs is 1. The van der Waals surface area contributed by atoms with E-state index in [0.29, 0.717) is 27.2 Å². The number of benzene rings is 3. The van der Waals surface area contributed by atoms with Crippen LogP contribution >= 0.6 is 11.6 Å². The fourth-order valence-corrected chi connectivity index (χ4v) is 3.88. The molecular formula is C25H20ClN3O4. The van der Waals surface area contributed by atoms with E-state index < -0.39 is 12.0 Å². The molecule has 1 heterocycles. The van der Waals surface area contributed by atoms with E-state index in [9.17, 15) is 14.4 Å². The first-order chi connectivity index (χ1) is 15.8. The molecule has 0 unspecified atom stereocenters. The maximum atomic E-state index is 13.0. The molecule has 3 aromatic carbocycles. The van der Waals surface area contributed by atoms with Gasteiger partial charge >= 0.3 is 12.0 Å². The summed E-state index contributed by atoms with van der Waals surface area (Å²) in [6.07, 6.45) is 0. The summed E-state index contributed by atoms with van der Waals surface area (Å²) >= 11 is 6.25. The van der Waals surface area contributed by atoms with Crippen LogP contribution in [0, 0.1) is 0 Å². The highest BCUT2D eigenvalue weighted by atomic mass is 35.5. The fraction of sp³-hybridized carbons (Fsp3) is 0.0800. The number of pyridine rings is 1. The van der Waals surface area contributed by atoms with E-state index in [-0.39, 0.29) is 17.7 Å². The number of nitrogens with one attached hydrogen (secondary N) is 2. The molecule has 0 atom stereocenters. The Labute approximate surface area is 194 Å². The Morgan fingerprint density at radius 2 is 1.67 bits per heavy atom. The molecule has 0 spiro atoms. The summed E-state index contributed by atoms with van der Waals surface area (Å²) in [6.45, 7) is 0.0808. The number of anilines is 1. The molecule has 0 fully saturated rings. The van der Waals surface area contributed by atoms with Gasteiger partial charge in [0.05, 0.1) is 12.1 Å². The molecule has 0 bridgehead atoms. The van der Waals surface area contributed by atoms with Gasteiger partial charge in [-0.25, -0.2) is 9.59 Å². The molecule has 1 aromatic heterocycles. The van der Waals surface area contributed by atoms with Gasteiger partial charge in [-0.2, -0.15) is 0 Å². The normalized spacial score (nSPS) is 10.7. The lowest BCUT2D eigenvalue weighted by Gasteiger charge is -2.18. The Hall–Kier alpha value is -4.10. The second-order valence-electron chi connectivity index (χ2n) is 7.43. The van der Waals surface area contributed by atoms with Gasteiger partial charge in [-0.15, -0.1) is 0 Å². The number of carbonyl (C=O) groups excluding carboxylic acids is 1. The minimum Gasteiger partial charge on any atom is -0.478 e. The van der Waals surface area contributed by atoms with Crippen LogP contribution in [0.5, 0.6) is 0 Å². The summed E-state index contributed by atoms with van der Waals surface area (Å²) in [7, 11) is 1.67. The second-order valence-corrected chi connectivity index (χ2v) is 7.87. The first-order valence-corrected chi connectivity index (χ1v) is 10.5. The highest BCUT2D eigenvalue weighted by molar-refractivity contribution is 6.31. The maximum Gasteiger partial charge on any atom is 0.335 e. The number of amides is 2. The third-order valence-electron chi connectivity index (χ3n) is 5.35. The molecule has 4 aromatic rings. The van der Waals surface area contributed by atoms with Crippen LogP contribution in [0.25, 0.3) is 21.9 Å². The van der Waals surface area contributed by atoms with Crippen LogP contribution in [-0.4, -0.2) is 21.7 Å². The van der Waals surface area contributed by atoms with Crippen LogP contribution in [0.1, 0.15) is 16.1 Å². The lowest BCUT2D eigenvalue weighted by Crippen LogP contribution is -2.32. The van der Waals surface area contributed by atoms with E-state index in [1.165, 1.54) is 28.8 Å². The van der Waals surface area contributed by atoms with E-state index in [1.54, 1.807) is 25.2 Å². The van der Waals surface area contributed by atoms with Gasteiger partial charge in [0.25, 0.3) is 5.56 Å². The topological polar surface area (TPSA) is 100 Å². The summed E-state index contributed by atoms with van der Waals surface area (Å²) in [5.74, 6) is -1.04. The largest absolute Gasteiger partial charge is 0.478 e. The van der Waals surface area contributed by atoms with Crippen LogP contribution < -0.4 is 16.2 Å². The smallest absolute Gasteiger partial charge is 0.335 e. The molecule has 0 aliphatic carbocycles. The summed E-state index contributed by atoms with van der Waals surface area (Å²) in [4.78, 5) is 36.5. The lowest BCUT2D eigenvalue weighted by atomic mass is 9.96. The number of urea groups is 1. The summed E-state index contributed by atoms with van der Waals surface area (Å²) in [5.41, 5.74) is 2.70. The lowest BCUT2D eigenvalue weighted by molar-refractivity contribution is 0.0697. The van der Waals surface area contributed by atoms with Gasteiger partial charge in [-0.1, -0.05) is 41.9 Å². The quantitative estimate of drug-likeness (QED) is 0.394. The van der Waals surface area contributed by atoms with E-state index >= 15 is 0 Å². The number of carboxylic acid groups (broad SMARTS) is 1. The van der Waals surface area contributed by atoms with Gasteiger partial charge < -0.3 is 20.3 Å². The van der Waals surface area contributed by atoms with Crippen molar-refractivity contribution in [1.29, 1.82) is 0 Å². The molecule has 0 aliphatic rings. The van der Waals surface area contributed by atoms with Crippen LogP contribution in [-0.2, 0) is 13.6 Å². The third-order valence-corrected chi connectivity index (χ3v) is 5.58. The number of rotatable bonds is 5. The molecule has 2 amide bonds. The average Bonchev–Trinajstić information content (AvgIpc) is 2.81. The Morgan fingerprint density at radius 3 is 2.33 bits per heavy atom. The molecule has 4 rings (SSSR count). The molecule has 33 heavy (non-hydrogen) atoms. The number of carboxylic acids is 1. The van der Waals surface area contributed by atoms with Crippen molar-refractivity contribution >= 4 is 40.1 Å². The molecule has 3 N–H and O–H groups in total. The minimum atomic E-state index is -1.04. The van der Waals surface area contributed by atoms with E-state index in [1.807, 2.05) is 30.3 Å². The molecule has 0 saturated carbocycles. The van der Waals surface area contributed by atoms with Crippen LogP contribution in [0.4, 0.5) is 10.5 Å². The number of aromatic carboxylic acids is 1. The predicted octanol–water partition coefficient (Wildman–Crippen LogP) is 4.88. The van der Waals surface area contributed by atoms with E-state index in [0.717, 1.165) is 11.1 Å². The maximum absolute atomic E-state index is 13.0. The molecule has 0 saturated heterocycles. The SMILES string of the molecule is Cn1c(CNC(=O)Nc2ccc(C(=O)O)cc2)c(-c2ccccc2)c2cc(Cl)ccc2c1=O. The zero-order valence-corrected chi connectivity index (χ0v) is 18.4. The zero-order chi connectivity index (χ0) is 23.5. The predicted molar refractivity (Wildman–Crippen MR) is 129 cm³/mol. The van der Waals surface area contributed by atoms with Crippen molar-refractivity contribution < 1.29 is 14.7 Å². The number of carbonyl (C=O) groups is 2. The molecule has 166 valence electrons. The van der Waals surface area contributed by atoms with Crippen molar-refractivity contribution in [3.05, 3.63) is 99.4 Å². The van der Waals surface area contributed by atoms with Gasteiger partial charge in [-0.05, 0) is 53.4 Å². The molecular weight excluding hydrogens is 442 g/mol. The first-order valence-electron chi connectivity index (χ1n) is 10.1. The van der Waals surface area contributed by atoms with Gasteiger partial charge in [0.2, 0.25) is 0 Å². The molecule has 0 radical (unpaired) electrons. The van der Waals surface area contributed by atoms with Gasteiger partial charge in [0, 0.05) is 34.4 Å². The number of halogens is 1. The standard InChI is InChI=1S/C25H20ClN3O4/c1-29-21(14-27-25(33)28-18-10-7-16(8-11-18)24(31)32)22(15-5-3-2-4-6-15)20-13-17(26)9-12-19(20)23(29)30/h2-13H,14H2,1H3,(H,31,32)(H2,27,28,33). The Balaban J connectivity index is 1.68. The minimum absolute atomic E-state index is 0.0808. The first kappa shape index (κ1) is 22.1. The third kappa shape index (κ3) is 4.58. The van der Waals surface area contributed by atoms with Crippen molar-refractivity contribution in [2.75, 3.05) is 5.32 Å². The van der Waals surface area contributed by atoms with Gasteiger partial charge in [-0.3, -0.25) is 4.79 Å². The Bertz CT molecular complexity index is 1410. The second kappa shape index (κ2) is 9.18. The van der Waals surface area contributed by atoms with Crippen LogP contribution in [0.2, 0.25) is 5.02 Å². The van der Waals surface area contributed by atoms with Crippen molar-refractivity contribution in [3.8, 4) is 11.1 Å². The number of aromatic nitrogens is 1. The molecule has 0 aliphatic heterocycles. The summed E-state index contributed by atoms with van der Waals surface area (Å²) in [5, 5.41) is 16.2. The zero-order valence-electron chi connectivity index (χ0n) is 17.6. The van der Waals surface area contributed by atoms with Crippen molar-refractivity contribution in [1.82, 2.24) is 9.88 Å². The highest BCUT2D eigenvalue weighted by Crippen LogP contribution is 2.32. The van der Waals surface area contributed by atoms with Crippen molar-refractivity contribution in [2.45, 2.75) is 6.54 Å². The van der Waals surface area contributed by atoms with Crippen LogP contribution in [0.15, 0.2) is 77.6 Å². The molecule has 8 heteroatoms. The van der Waals surface area contributed by atoms with E-state index in [4.69, 9.17) is 16.7 Å². The molecule has 7 nitrogen and oxygen atoms in total. The van der Waals surface area contributed by atoms with Crippen molar-refractivity contribution in [2.24, 2.45) is 7.05 Å². The van der Waals surface area contributed by atoms with Crippen molar-refractivity contribution in [3.63, 3.8) is 0 Å². The summed E-state index contributed by atoms with van der Waals surface area (Å²) < 4.78 is 1.53. The van der Waals surface area contributed by atoms with E-state index in [2.05, 4.69) is 10.6 Å². The Kier molecular flexibility index (Phi) is 6.15. The van der Waals surface area contributed by atoms with Crippen LogP contribution in [0.3, 0.4) is 0 Å². The monoisotopic (exact) mass is 461 g/mol. The number of nitrogens with zero attached hydrogens (tertiary/aromatic N) is 1. The Morgan fingerprint density at radius 1 is 0.970 bits per heavy atom. The fourth-order valence-electron chi connectivity index (χ4n) is 3.71. The van der Waals surface area contributed by atoms with Gasteiger partial charge in [0.1, 0.15) is 0 Å².